The Morgan fingerprint density at radius 2 is 1.40 bits per heavy atom. The molecule has 2 fully saturated rings. The van der Waals surface area contributed by atoms with Crippen LogP contribution in [0.15, 0.2) is 24.3 Å². The highest BCUT2D eigenvalue weighted by Crippen LogP contribution is 2.69. The number of fused-ring (bicyclic) bond motifs is 2. The number of hydrogen-bond acceptors (Lipinski definition) is 7. The number of benzene rings is 2. The molecule has 35 heavy (non-hydrogen) atoms. The summed E-state index contributed by atoms with van der Waals surface area (Å²) in [7, 11) is 1.39. The molecule has 0 saturated carbocycles. The first-order valence-corrected chi connectivity index (χ1v) is 9.84. The van der Waals surface area contributed by atoms with Crippen LogP contribution >= 0.6 is 0 Å². The molecule has 7 nitrogen and oxygen atoms in total. The fourth-order valence-electron chi connectivity index (χ4n) is 4.89. The third-order valence-electron chi connectivity index (χ3n) is 6.47. The molecule has 0 spiro atoms. The van der Waals surface area contributed by atoms with Crippen LogP contribution in [0.4, 0.5) is 22.0 Å². The van der Waals surface area contributed by atoms with Crippen LogP contribution < -0.4 is 4.74 Å². The van der Waals surface area contributed by atoms with Gasteiger partial charge in [0.2, 0.25) is 22.9 Å². The van der Waals surface area contributed by atoms with E-state index in [2.05, 4.69) is 0 Å². The lowest BCUT2D eigenvalue weighted by Gasteiger charge is -2.48. The molecule has 0 radical (unpaired) electrons. The Labute approximate surface area is 195 Å². The summed E-state index contributed by atoms with van der Waals surface area (Å²) >= 11 is 0. The van der Waals surface area contributed by atoms with Crippen LogP contribution in [0.25, 0.3) is 0 Å². The van der Waals surface area contributed by atoms with Crippen molar-refractivity contribution in [2.45, 2.75) is 24.7 Å². The van der Waals surface area contributed by atoms with E-state index in [-0.39, 0.29) is 5.56 Å². The number of nitrogens with zero attached hydrogens (tertiary/aromatic N) is 3. The highest BCUT2D eigenvalue weighted by molar-refractivity contribution is 5.90. The van der Waals surface area contributed by atoms with Crippen molar-refractivity contribution >= 4 is 5.90 Å². The molecule has 2 heterocycles. The van der Waals surface area contributed by atoms with Crippen molar-refractivity contribution in [3.05, 3.63) is 64.5 Å². The van der Waals surface area contributed by atoms with Crippen LogP contribution in [0.1, 0.15) is 30.1 Å². The minimum Gasteiger partial charge on any atom is -0.497 e. The van der Waals surface area contributed by atoms with Gasteiger partial charge in [0.05, 0.1) is 36.8 Å². The van der Waals surface area contributed by atoms with Gasteiger partial charge >= 0.3 is 0 Å². The Morgan fingerprint density at radius 1 is 0.886 bits per heavy atom. The average molecular weight is 488 g/mol. The zero-order chi connectivity index (χ0) is 25.9. The van der Waals surface area contributed by atoms with Crippen molar-refractivity contribution < 1.29 is 36.2 Å². The molecular formula is C23H13F5N4O3. The van der Waals surface area contributed by atoms with Crippen LogP contribution in [-0.4, -0.2) is 18.8 Å². The van der Waals surface area contributed by atoms with Gasteiger partial charge in [0.1, 0.15) is 11.9 Å². The van der Waals surface area contributed by atoms with E-state index in [0.717, 1.165) is 0 Å². The van der Waals surface area contributed by atoms with Gasteiger partial charge in [-0.25, -0.2) is 22.0 Å². The Bertz CT molecular complexity index is 1350. The molecule has 2 saturated heterocycles. The van der Waals surface area contributed by atoms with E-state index in [9.17, 15) is 37.7 Å². The lowest BCUT2D eigenvalue weighted by Crippen LogP contribution is -2.57. The first-order chi connectivity index (χ1) is 16.5. The lowest BCUT2D eigenvalue weighted by molar-refractivity contribution is -0.254. The molecular weight excluding hydrogens is 475 g/mol. The smallest absolute Gasteiger partial charge is 0.218 e. The largest absolute Gasteiger partial charge is 0.497 e. The maximum Gasteiger partial charge on any atom is 0.218 e. The van der Waals surface area contributed by atoms with Crippen LogP contribution in [0.2, 0.25) is 0 Å². The second-order valence-electron chi connectivity index (χ2n) is 8.09. The van der Waals surface area contributed by atoms with Crippen molar-refractivity contribution in [3.8, 4) is 24.0 Å². The molecule has 4 unspecified atom stereocenters. The van der Waals surface area contributed by atoms with Crippen molar-refractivity contribution in [2.24, 2.45) is 10.8 Å². The van der Waals surface area contributed by atoms with Gasteiger partial charge in [-0.3, -0.25) is 5.41 Å². The van der Waals surface area contributed by atoms with E-state index in [1.165, 1.54) is 50.4 Å². The molecule has 0 amide bonds. The SMILES string of the molecule is COc1ccc(C2C3(C)OC(=N)C2(C#N)C(C#N)(C#N)C(c2c(F)c(F)c(F)c(F)c2F)O3)cc1. The fraction of sp³-hybridized carbons (Fsp3) is 0.304. The van der Waals surface area contributed by atoms with Gasteiger partial charge in [0, 0.05) is 6.92 Å². The molecule has 4 rings (SSSR count). The molecule has 0 aliphatic carbocycles. The van der Waals surface area contributed by atoms with Gasteiger partial charge in [-0.15, -0.1) is 0 Å². The molecule has 4 atom stereocenters. The van der Waals surface area contributed by atoms with E-state index in [4.69, 9.17) is 19.6 Å². The molecule has 2 bridgehead atoms. The first-order valence-electron chi connectivity index (χ1n) is 9.84. The summed E-state index contributed by atoms with van der Waals surface area (Å²) in [6, 6.07) is 10.5. The number of halogens is 5. The van der Waals surface area contributed by atoms with Crippen molar-refractivity contribution in [2.75, 3.05) is 7.11 Å². The zero-order valence-electron chi connectivity index (χ0n) is 17.9. The zero-order valence-corrected chi connectivity index (χ0v) is 17.9. The number of rotatable bonds is 3. The van der Waals surface area contributed by atoms with Gasteiger partial charge in [-0.1, -0.05) is 12.1 Å². The summed E-state index contributed by atoms with van der Waals surface area (Å²) in [6.45, 7) is 1.17. The summed E-state index contributed by atoms with van der Waals surface area (Å²) in [6.07, 6.45) is -2.50. The van der Waals surface area contributed by atoms with Crippen LogP contribution in [0.3, 0.4) is 0 Å². The van der Waals surface area contributed by atoms with E-state index < -0.39 is 69.2 Å². The Hall–Kier alpha value is -4.21. The topological polar surface area (TPSA) is 123 Å². The molecule has 0 aromatic heterocycles. The van der Waals surface area contributed by atoms with Gasteiger partial charge in [-0.05, 0) is 17.7 Å². The van der Waals surface area contributed by atoms with Crippen LogP contribution in [-0.2, 0) is 9.47 Å². The van der Waals surface area contributed by atoms with E-state index in [1.807, 2.05) is 0 Å². The first kappa shape index (κ1) is 23.9. The standard InChI is InChI=1S/C23H13F5N4O3/c1-21-18(10-3-5-11(33-2)6-4-10)23(9-31,20(32)35-21)22(7-29,8-30)19(34-21)12-13(24)15(26)17(28)16(27)14(12)25/h3-6,18-19,32H,1-2H3. The third kappa shape index (κ3) is 2.73. The number of hydrogen-bond donors (Lipinski definition) is 1. The highest BCUT2D eigenvalue weighted by Gasteiger charge is 2.80. The lowest BCUT2D eigenvalue weighted by atomic mass is 9.52. The van der Waals surface area contributed by atoms with Gasteiger partial charge < -0.3 is 14.2 Å². The molecule has 12 heteroatoms. The fourth-order valence-corrected chi connectivity index (χ4v) is 4.89. The normalized spacial score (nSPS) is 28.4. The minimum absolute atomic E-state index is 0.225. The second-order valence-corrected chi connectivity index (χ2v) is 8.09. The van der Waals surface area contributed by atoms with E-state index in [0.29, 0.717) is 5.75 Å². The maximum atomic E-state index is 14.8. The van der Waals surface area contributed by atoms with Gasteiger partial charge in [0.25, 0.3) is 0 Å². The highest BCUT2D eigenvalue weighted by atomic mass is 19.2. The summed E-state index contributed by atoms with van der Waals surface area (Å²) in [5.41, 5.74) is -6.94. The number of ether oxygens (including phenoxy) is 3. The quantitative estimate of drug-likeness (QED) is 0.385. The Morgan fingerprint density at radius 3 is 1.86 bits per heavy atom. The molecule has 2 aliphatic rings. The number of methoxy groups -OCH3 is 1. The minimum atomic E-state index is -2.97. The summed E-state index contributed by atoms with van der Waals surface area (Å²) in [5, 5.41) is 39.0. The maximum absolute atomic E-state index is 14.8. The monoisotopic (exact) mass is 488 g/mol. The molecule has 1 N–H and O–H groups in total. The van der Waals surface area contributed by atoms with Crippen molar-refractivity contribution in [1.29, 1.82) is 21.2 Å². The third-order valence-corrected chi connectivity index (χ3v) is 6.47. The summed E-state index contributed by atoms with van der Waals surface area (Å²) in [5.74, 6) is -15.8. The predicted octanol–water partition coefficient (Wildman–Crippen LogP) is 4.51. The van der Waals surface area contributed by atoms with Gasteiger partial charge in [-0.2, -0.15) is 15.8 Å². The van der Waals surface area contributed by atoms with Crippen LogP contribution in [0.5, 0.6) is 5.75 Å². The number of nitrogens with one attached hydrogen (secondary N) is 1. The predicted molar refractivity (Wildman–Crippen MR) is 105 cm³/mol. The average Bonchev–Trinajstić information content (AvgIpc) is 3.04. The number of nitriles is 3. The summed E-state index contributed by atoms with van der Waals surface area (Å²) < 4.78 is 87.6. The van der Waals surface area contributed by atoms with Crippen LogP contribution in [0, 0.1) is 79.3 Å². The van der Waals surface area contributed by atoms with Crippen molar-refractivity contribution in [1.82, 2.24) is 0 Å². The molecule has 2 aromatic rings. The van der Waals surface area contributed by atoms with Gasteiger partial charge in [0.15, 0.2) is 28.7 Å². The van der Waals surface area contributed by atoms with E-state index >= 15 is 0 Å². The Balaban J connectivity index is 2.08. The summed E-state index contributed by atoms with van der Waals surface area (Å²) in [4.78, 5) is 0. The van der Waals surface area contributed by atoms with E-state index in [1.54, 1.807) is 6.07 Å². The molecule has 178 valence electrons. The molecule has 2 aromatic carbocycles. The Kier molecular flexibility index (Phi) is 5.23. The van der Waals surface area contributed by atoms with Crippen molar-refractivity contribution in [3.63, 3.8) is 0 Å². The molecule has 2 aliphatic heterocycles. The second kappa shape index (κ2) is 7.66.